The van der Waals surface area contributed by atoms with E-state index in [0.717, 1.165) is 6.42 Å². The van der Waals surface area contributed by atoms with Crippen LogP contribution in [-0.4, -0.2) is 47.7 Å². The first-order valence-corrected chi connectivity index (χ1v) is 7.76. The van der Waals surface area contributed by atoms with Gasteiger partial charge < -0.3 is 14.7 Å². The molecule has 0 aromatic carbocycles. The Morgan fingerprint density at radius 1 is 1.25 bits per heavy atom. The molecular formula is C15H23NO4. The van der Waals surface area contributed by atoms with E-state index in [9.17, 15) is 14.7 Å². The number of carboxylic acid groups (broad SMARTS) is 1. The number of hydrogen-bond donors (Lipinski definition) is 1. The van der Waals surface area contributed by atoms with Gasteiger partial charge in [-0.25, -0.2) is 0 Å². The molecule has 3 aliphatic rings. The van der Waals surface area contributed by atoms with Crippen molar-refractivity contribution in [3.05, 3.63) is 0 Å². The number of rotatable bonds is 5. The lowest BCUT2D eigenvalue weighted by molar-refractivity contribution is -0.145. The fourth-order valence-corrected chi connectivity index (χ4v) is 4.15. The maximum atomic E-state index is 12.7. The Morgan fingerprint density at radius 3 is 2.55 bits per heavy atom. The molecule has 20 heavy (non-hydrogen) atoms. The Labute approximate surface area is 119 Å². The molecule has 0 bridgehead atoms. The maximum Gasteiger partial charge on any atom is 0.311 e. The van der Waals surface area contributed by atoms with E-state index in [2.05, 4.69) is 0 Å². The van der Waals surface area contributed by atoms with Crippen LogP contribution in [0.4, 0.5) is 0 Å². The molecule has 1 heterocycles. The predicted octanol–water partition coefficient (Wildman–Crippen LogP) is 1.37. The van der Waals surface area contributed by atoms with Crippen molar-refractivity contribution in [3.63, 3.8) is 0 Å². The molecule has 3 rings (SSSR count). The summed E-state index contributed by atoms with van der Waals surface area (Å²) in [5.74, 6) is 0.0926. The lowest BCUT2D eigenvalue weighted by Gasteiger charge is -2.31. The van der Waals surface area contributed by atoms with Gasteiger partial charge in [0.25, 0.3) is 0 Å². The molecule has 0 aromatic heterocycles. The van der Waals surface area contributed by atoms with Gasteiger partial charge in [-0.3, -0.25) is 9.59 Å². The maximum absolute atomic E-state index is 12.7. The third kappa shape index (κ3) is 2.22. The van der Waals surface area contributed by atoms with Gasteiger partial charge in [0.2, 0.25) is 5.91 Å². The van der Waals surface area contributed by atoms with Gasteiger partial charge in [0.1, 0.15) is 5.92 Å². The van der Waals surface area contributed by atoms with Gasteiger partial charge in [-0.05, 0) is 31.1 Å². The summed E-state index contributed by atoms with van der Waals surface area (Å²) in [6.45, 7) is 3.27. The van der Waals surface area contributed by atoms with Crippen LogP contribution in [0.25, 0.3) is 0 Å². The number of amides is 1. The number of carbonyl (C=O) groups is 2. The Morgan fingerprint density at radius 2 is 1.95 bits per heavy atom. The summed E-state index contributed by atoms with van der Waals surface area (Å²) in [4.78, 5) is 25.9. The fourth-order valence-electron chi connectivity index (χ4n) is 4.15. The first-order valence-electron chi connectivity index (χ1n) is 7.76. The molecule has 1 amide bonds. The van der Waals surface area contributed by atoms with Crippen molar-refractivity contribution in [3.8, 4) is 0 Å². The van der Waals surface area contributed by atoms with Crippen molar-refractivity contribution < 1.29 is 19.4 Å². The zero-order valence-corrected chi connectivity index (χ0v) is 12.0. The second-order valence-electron chi connectivity index (χ2n) is 6.37. The molecule has 5 nitrogen and oxygen atoms in total. The summed E-state index contributed by atoms with van der Waals surface area (Å²) in [6, 6.07) is -0.277. The van der Waals surface area contributed by atoms with Gasteiger partial charge in [0, 0.05) is 12.5 Å². The number of fused-ring (bicyclic) bond motifs is 1. The standard InChI is InChI=1S/C15H23NO4/c1-2-6-16(12-8-20-7-11(12)15(18)19)14(17)13-9-4-3-5-10(9)13/h9-13H,2-8H2,1H3,(H,18,19). The zero-order valence-electron chi connectivity index (χ0n) is 12.0. The molecule has 5 heteroatoms. The van der Waals surface area contributed by atoms with E-state index in [1.165, 1.54) is 19.3 Å². The third-order valence-electron chi connectivity index (χ3n) is 5.21. The molecule has 0 spiro atoms. The van der Waals surface area contributed by atoms with Crippen LogP contribution in [0.15, 0.2) is 0 Å². The van der Waals surface area contributed by atoms with E-state index < -0.39 is 11.9 Å². The van der Waals surface area contributed by atoms with Crippen LogP contribution in [0, 0.1) is 23.7 Å². The predicted molar refractivity (Wildman–Crippen MR) is 72.1 cm³/mol. The molecular weight excluding hydrogens is 258 g/mol. The third-order valence-corrected chi connectivity index (χ3v) is 5.21. The monoisotopic (exact) mass is 281 g/mol. The van der Waals surface area contributed by atoms with Crippen LogP contribution < -0.4 is 0 Å². The van der Waals surface area contributed by atoms with Gasteiger partial charge >= 0.3 is 5.97 Å². The quantitative estimate of drug-likeness (QED) is 0.826. The van der Waals surface area contributed by atoms with Crippen LogP contribution in [0.3, 0.4) is 0 Å². The van der Waals surface area contributed by atoms with Gasteiger partial charge in [0.15, 0.2) is 0 Å². The Hall–Kier alpha value is -1.10. The lowest BCUT2D eigenvalue weighted by Crippen LogP contribution is -2.48. The molecule has 4 unspecified atom stereocenters. The Balaban J connectivity index is 1.71. The fraction of sp³-hybridized carbons (Fsp3) is 0.867. The van der Waals surface area contributed by atoms with Crippen molar-refractivity contribution in [1.82, 2.24) is 4.90 Å². The average molecular weight is 281 g/mol. The highest BCUT2D eigenvalue weighted by Gasteiger charge is 2.58. The van der Waals surface area contributed by atoms with Gasteiger partial charge in [0.05, 0.1) is 19.3 Å². The van der Waals surface area contributed by atoms with Gasteiger partial charge in [-0.2, -0.15) is 0 Å². The SMILES string of the molecule is CCCN(C(=O)C1C2CCCC21)C1COCC1C(=O)O. The normalized spacial score (nSPS) is 38.5. The van der Waals surface area contributed by atoms with E-state index in [1.54, 1.807) is 0 Å². The van der Waals surface area contributed by atoms with E-state index in [1.807, 2.05) is 11.8 Å². The van der Waals surface area contributed by atoms with Crippen molar-refractivity contribution >= 4 is 11.9 Å². The molecule has 1 N–H and O–H groups in total. The number of nitrogens with zero attached hydrogens (tertiary/aromatic N) is 1. The number of hydrogen-bond acceptors (Lipinski definition) is 3. The van der Waals surface area contributed by atoms with Crippen molar-refractivity contribution in [2.75, 3.05) is 19.8 Å². The minimum absolute atomic E-state index is 0.172. The highest BCUT2D eigenvalue weighted by molar-refractivity contribution is 5.84. The van der Waals surface area contributed by atoms with Crippen LogP contribution in [0.2, 0.25) is 0 Å². The Kier molecular flexibility index (Phi) is 3.71. The van der Waals surface area contributed by atoms with E-state index in [-0.39, 0.29) is 24.5 Å². The molecule has 112 valence electrons. The van der Waals surface area contributed by atoms with Gasteiger partial charge in [-0.15, -0.1) is 0 Å². The largest absolute Gasteiger partial charge is 0.481 e. The molecule has 1 aliphatic heterocycles. The summed E-state index contributed by atoms with van der Waals surface area (Å²) in [5.41, 5.74) is 0. The minimum Gasteiger partial charge on any atom is -0.481 e. The minimum atomic E-state index is -0.850. The second kappa shape index (κ2) is 5.35. The number of ether oxygens (including phenoxy) is 1. The van der Waals surface area contributed by atoms with Crippen LogP contribution >= 0.6 is 0 Å². The highest BCUT2D eigenvalue weighted by Crippen LogP contribution is 2.58. The topological polar surface area (TPSA) is 66.8 Å². The smallest absolute Gasteiger partial charge is 0.311 e. The number of aliphatic carboxylic acids is 1. The van der Waals surface area contributed by atoms with E-state index in [0.29, 0.717) is 25.0 Å². The van der Waals surface area contributed by atoms with Crippen molar-refractivity contribution in [2.24, 2.45) is 23.7 Å². The van der Waals surface area contributed by atoms with Crippen molar-refractivity contribution in [1.29, 1.82) is 0 Å². The van der Waals surface area contributed by atoms with E-state index >= 15 is 0 Å². The summed E-state index contributed by atoms with van der Waals surface area (Å²) >= 11 is 0. The molecule has 0 radical (unpaired) electrons. The molecule has 3 fully saturated rings. The summed E-state index contributed by atoms with van der Waals surface area (Å²) in [5, 5.41) is 9.28. The molecule has 0 aromatic rings. The van der Waals surface area contributed by atoms with Crippen LogP contribution in [0.1, 0.15) is 32.6 Å². The Bertz CT molecular complexity index is 401. The first kappa shape index (κ1) is 13.9. The lowest BCUT2D eigenvalue weighted by atomic mass is 10.0. The molecule has 2 saturated carbocycles. The highest BCUT2D eigenvalue weighted by atomic mass is 16.5. The second-order valence-corrected chi connectivity index (χ2v) is 6.37. The first-order chi connectivity index (χ1) is 9.65. The van der Waals surface area contributed by atoms with Crippen LogP contribution in [-0.2, 0) is 14.3 Å². The molecule has 1 saturated heterocycles. The van der Waals surface area contributed by atoms with Crippen LogP contribution in [0.5, 0.6) is 0 Å². The molecule has 2 aliphatic carbocycles. The molecule has 4 atom stereocenters. The average Bonchev–Trinajstić information content (AvgIpc) is 2.86. The van der Waals surface area contributed by atoms with Crippen molar-refractivity contribution in [2.45, 2.75) is 38.6 Å². The number of carboxylic acids is 1. The van der Waals surface area contributed by atoms with Gasteiger partial charge in [-0.1, -0.05) is 13.3 Å². The summed E-state index contributed by atoms with van der Waals surface area (Å²) in [6.07, 6.45) is 4.45. The van der Waals surface area contributed by atoms with E-state index in [4.69, 9.17) is 4.74 Å². The summed E-state index contributed by atoms with van der Waals surface area (Å²) < 4.78 is 5.33. The zero-order chi connectivity index (χ0) is 14.3. The number of carbonyl (C=O) groups excluding carboxylic acids is 1. The summed E-state index contributed by atoms with van der Waals surface area (Å²) in [7, 11) is 0.